The largest absolute Gasteiger partial charge is 0.486 e. The van der Waals surface area contributed by atoms with Crippen molar-refractivity contribution in [2.75, 3.05) is 6.61 Å². The number of carbonyl (C=O) groups is 1. The van der Waals surface area contributed by atoms with Crippen LogP contribution in [0.25, 0.3) is 0 Å². The molecule has 0 radical (unpaired) electrons. The fourth-order valence-corrected chi connectivity index (χ4v) is 1.86. The van der Waals surface area contributed by atoms with Crippen LogP contribution >= 0.6 is 15.9 Å². The molecule has 0 aliphatic carbocycles. The molecule has 0 unspecified atom stereocenters. The first-order chi connectivity index (χ1) is 9.15. The summed E-state index contributed by atoms with van der Waals surface area (Å²) in [5.41, 5.74) is 0.395. The zero-order valence-electron chi connectivity index (χ0n) is 10.1. The number of hydrogen-bond acceptors (Lipinski definition) is 2. The van der Waals surface area contributed by atoms with Crippen LogP contribution in [0.3, 0.4) is 0 Å². The van der Waals surface area contributed by atoms with E-state index >= 15 is 0 Å². The Morgan fingerprint density at radius 2 is 1.79 bits per heavy atom. The van der Waals surface area contributed by atoms with Crippen molar-refractivity contribution in [3.05, 3.63) is 64.4 Å². The van der Waals surface area contributed by atoms with Crippen molar-refractivity contribution in [2.45, 2.75) is 6.42 Å². The molecule has 0 saturated heterocycles. The third-order valence-electron chi connectivity index (χ3n) is 2.56. The van der Waals surface area contributed by atoms with E-state index in [0.717, 1.165) is 4.47 Å². The predicted octanol–water partition coefficient (Wildman–Crippen LogP) is 3.78. The lowest BCUT2D eigenvalue weighted by Crippen LogP contribution is -2.14. The fraction of sp³-hybridized carbons (Fsp3) is 0.133. The first kappa shape index (κ1) is 13.7. The van der Waals surface area contributed by atoms with Crippen LogP contribution in [0, 0.1) is 5.82 Å². The summed E-state index contributed by atoms with van der Waals surface area (Å²) < 4.78 is 19.6. The number of benzene rings is 2. The highest BCUT2D eigenvalue weighted by Crippen LogP contribution is 2.16. The molecule has 0 N–H and O–H groups in total. The molecule has 0 fully saturated rings. The average Bonchev–Trinajstić information content (AvgIpc) is 2.41. The minimum atomic E-state index is -0.362. The minimum absolute atomic E-state index is 0.0448. The number of halogens is 2. The molecule has 0 aliphatic heterocycles. The standard InChI is InChI=1S/C15H12BrFO2/c16-12-5-7-14(8-6-12)19-10-13(18)9-11-3-1-2-4-15(11)17/h1-8H,9-10H2. The summed E-state index contributed by atoms with van der Waals surface area (Å²) in [5.74, 6) is 0.0950. The maximum absolute atomic E-state index is 13.4. The van der Waals surface area contributed by atoms with E-state index in [-0.39, 0.29) is 24.6 Å². The number of carbonyl (C=O) groups excluding carboxylic acids is 1. The van der Waals surface area contributed by atoms with Gasteiger partial charge in [0.15, 0.2) is 5.78 Å². The topological polar surface area (TPSA) is 26.3 Å². The van der Waals surface area contributed by atoms with Gasteiger partial charge in [-0.15, -0.1) is 0 Å². The fourth-order valence-electron chi connectivity index (χ4n) is 1.60. The normalized spacial score (nSPS) is 10.2. The van der Waals surface area contributed by atoms with Crippen molar-refractivity contribution >= 4 is 21.7 Å². The van der Waals surface area contributed by atoms with Crippen molar-refractivity contribution < 1.29 is 13.9 Å². The zero-order chi connectivity index (χ0) is 13.7. The number of hydrogen-bond donors (Lipinski definition) is 0. The Labute approximate surface area is 119 Å². The summed E-state index contributed by atoms with van der Waals surface area (Å²) in [5, 5.41) is 0. The van der Waals surface area contributed by atoms with Gasteiger partial charge in [-0.2, -0.15) is 0 Å². The molecule has 0 aliphatic rings. The Balaban J connectivity index is 1.88. The van der Waals surface area contributed by atoms with E-state index in [0.29, 0.717) is 11.3 Å². The molecule has 0 atom stereocenters. The molecule has 2 nitrogen and oxygen atoms in total. The third-order valence-corrected chi connectivity index (χ3v) is 3.09. The van der Waals surface area contributed by atoms with Crippen LogP contribution in [0.4, 0.5) is 4.39 Å². The van der Waals surface area contributed by atoms with E-state index in [4.69, 9.17) is 4.74 Å². The van der Waals surface area contributed by atoms with Gasteiger partial charge in [-0.25, -0.2) is 4.39 Å². The molecule has 0 bridgehead atoms. The van der Waals surface area contributed by atoms with Crippen LogP contribution < -0.4 is 4.74 Å². The highest BCUT2D eigenvalue weighted by Gasteiger charge is 2.08. The molecule has 0 saturated carbocycles. The number of rotatable bonds is 5. The van der Waals surface area contributed by atoms with Crippen LogP contribution in [0.1, 0.15) is 5.56 Å². The highest BCUT2D eigenvalue weighted by atomic mass is 79.9. The second kappa shape index (κ2) is 6.48. The van der Waals surface area contributed by atoms with Gasteiger partial charge in [0, 0.05) is 10.9 Å². The molecular formula is C15H12BrFO2. The Bertz CT molecular complexity index is 567. The molecule has 98 valence electrons. The lowest BCUT2D eigenvalue weighted by Gasteiger charge is -2.06. The SMILES string of the molecule is O=C(COc1ccc(Br)cc1)Cc1ccccc1F. The van der Waals surface area contributed by atoms with E-state index in [1.807, 2.05) is 12.1 Å². The first-order valence-corrected chi connectivity index (χ1v) is 6.58. The number of Topliss-reactive ketones (excluding diaryl/α,β-unsaturated/α-hetero) is 1. The zero-order valence-corrected chi connectivity index (χ0v) is 11.7. The lowest BCUT2D eigenvalue weighted by molar-refractivity contribution is -0.120. The van der Waals surface area contributed by atoms with E-state index in [9.17, 15) is 9.18 Å². The summed E-state index contributed by atoms with van der Waals surface area (Å²) in [6.07, 6.45) is 0.0448. The van der Waals surface area contributed by atoms with Gasteiger partial charge in [0.25, 0.3) is 0 Å². The van der Waals surface area contributed by atoms with E-state index in [1.54, 1.807) is 30.3 Å². The molecule has 2 aromatic carbocycles. The Hall–Kier alpha value is -1.68. The quantitative estimate of drug-likeness (QED) is 0.837. The Kier molecular flexibility index (Phi) is 4.68. The summed E-state index contributed by atoms with van der Waals surface area (Å²) >= 11 is 3.31. The van der Waals surface area contributed by atoms with Crippen molar-refractivity contribution in [3.8, 4) is 5.75 Å². The molecular weight excluding hydrogens is 311 g/mol. The molecule has 0 heterocycles. The molecule has 4 heteroatoms. The summed E-state index contributed by atoms with van der Waals surface area (Å²) in [6.45, 7) is -0.0596. The van der Waals surface area contributed by atoms with Crippen LogP contribution in [-0.2, 0) is 11.2 Å². The maximum Gasteiger partial charge on any atom is 0.174 e. The number of ether oxygens (including phenoxy) is 1. The summed E-state index contributed by atoms with van der Waals surface area (Å²) in [7, 11) is 0. The predicted molar refractivity (Wildman–Crippen MR) is 74.7 cm³/mol. The van der Waals surface area contributed by atoms with Gasteiger partial charge < -0.3 is 4.74 Å². The highest BCUT2D eigenvalue weighted by molar-refractivity contribution is 9.10. The van der Waals surface area contributed by atoms with E-state index in [1.165, 1.54) is 6.07 Å². The maximum atomic E-state index is 13.4. The average molecular weight is 323 g/mol. The third kappa shape index (κ3) is 4.17. The summed E-state index contributed by atoms with van der Waals surface area (Å²) in [6, 6.07) is 13.4. The van der Waals surface area contributed by atoms with Gasteiger partial charge in [0.1, 0.15) is 18.2 Å². The molecule has 0 amide bonds. The number of ketones is 1. The van der Waals surface area contributed by atoms with Crippen LogP contribution in [0.5, 0.6) is 5.75 Å². The first-order valence-electron chi connectivity index (χ1n) is 5.78. The van der Waals surface area contributed by atoms with Crippen molar-refractivity contribution in [3.63, 3.8) is 0 Å². The van der Waals surface area contributed by atoms with Gasteiger partial charge in [-0.05, 0) is 35.9 Å². The molecule has 0 spiro atoms. The minimum Gasteiger partial charge on any atom is -0.486 e. The molecule has 0 aromatic heterocycles. The summed E-state index contributed by atoms with van der Waals surface area (Å²) in [4.78, 5) is 11.7. The monoisotopic (exact) mass is 322 g/mol. The van der Waals surface area contributed by atoms with Gasteiger partial charge in [0.2, 0.25) is 0 Å². The van der Waals surface area contributed by atoms with E-state index < -0.39 is 0 Å². The van der Waals surface area contributed by atoms with Crippen LogP contribution in [0.15, 0.2) is 53.0 Å². The van der Waals surface area contributed by atoms with Crippen LogP contribution in [-0.4, -0.2) is 12.4 Å². The van der Waals surface area contributed by atoms with Crippen molar-refractivity contribution in [1.29, 1.82) is 0 Å². The second-order valence-corrected chi connectivity index (χ2v) is 4.97. The molecule has 2 aromatic rings. The van der Waals surface area contributed by atoms with Crippen molar-refractivity contribution in [1.82, 2.24) is 0 Å². The van der Waals surface area contributed by atoms with Crippen LogP contribution in [0.2, 0.25) is 0 Å². The molecule has 19 heavy (non-hydrogen) atoms. The van der Waals surface area contributed by atoms with Gasteiger partial charge in [-0.3, -0.25) is 4.79 Å². The van der Waals surface area contributed by atoms with Crippen molar-refractivity contribution in [2.24, 2.45) is 0 Å². The van der Waals surface area contributed by atoms with Gasteiger partial charge in [0.05, 0.1) is 0 Å². The molecule has 2 rings (SSSR count). The van der Waals surface area contributed by atoms with Gasteiger partial charge in [-0.1, -0.05) is 34.1 Å². The Morgan fingerprint density at radius 3 is 2.47 bits per heavy atom. The smallest absolute Gasteiger partial charge is 0.174 e. The van der Waals surface area contributed by atoms with E-state index in [2.05, 4.69) is 15.9 Å². The van der Waals surface area contributed by atoms with Gasteiger partial charge >= 0.3 is 0 Å². The Morgan fingerprint density at radius 1 is 1.11 bits per heavy atom. The lowest BCUT2D eigenvalue weighted by atomic mass is 10.1. The second-order valence-electron chi connectivity index (χ2n) is 4.05.